The molecular weight excluding hydrogens is 234 g/mol. The molecule has 19 heavy (non-hydrogen) atoms. The van der Waals surface area contributed by atoms with Crippen LogP contribution < -0.4 is 5.32 Å². The van der Waals surface area contributed by atoms with Crippen LogP contribution in [0.5, 0.6) is 0 Å². The Balaban J connectivity index is 1.89. The second kappa shape index (κ2) is 7.06. The Morgan fingerprint density at radius 2 is 2.21 bits per heavy atom. The van der Waals surface area contributed by atoms with E-state index in [2.05, 4.69) is 44.4 Å². The van der Waals surface area contributed by atoms with Crippen molar-refractivity contribution in [3.63, 3.8) is 0 Å². The summed E-state index contributed by atoms with van der Waals surface area (Å²) in [4.78, 5) is 0. The van der Waals surface area contributed by atoms with Crippen LogP contribution in [0.25, 0.3) is 0 Å². The van der Waals surface area contributed by atoms with E-state index in [1.54, 1.807) is 0 Å². The summed E-state index contributed by atoms with van der Waals surface area (Å²) in [6, 6.07) is 7.22. The van der Waals surface area contributed by atoms with Crippen molar-refractivity contribution in [1.29, 1.82) is 0 Å². The fourth-order valence-corrected chi connectivity index (χ4v) is 3.01. The van der Waals surface area contributed by atoms with Crippen molar-refractivity contribution >= 4 is 0 Å². The summed E-state index contributed by atoms with van der Waals surface area (Å²) < 4.78 is 5.70. The van der Waals surface area contributed by atoms with Gasteiger partial charge in [0.1, 0.15) is 0 Å². The van der Waals surface area contributed by atoms with Crippen molar-refractivity contribution in [3.8, 4) is 0 Å². The molecule has 1 aromatic rings. The third kappa shape index (κ3) is 4.05. The molecule has 0 spiro atoms. The maximum atomic E-state index is 5.70. The van der Waals surface area contributed by atoms with Crippen LogP contribution >= 0.6 is 0 Å². The Hall–Kier alpha value is -0.860. The topological polar surface area (TPSA) is 21.3 Å². The van der Waals surface area contributed by atoms with E-state index in [1.165, 1.54) is 48.8 Å². The van der Waals surface area contributed by atoms with Crippen LogP contribution in [0.4, 0.5) is 0 Å². The number of ether oxygens (including phenoxy) is 1. The highest BCUT2D eigenvalue weighted by Crippen LogP contribution is 2.25. The number of rotatable bonds is 6. The molecule has 0 saturated carbocycles. The second-order valence-electron chi connectivity index (χ2n) is 5.77. The molecular formula is C17H27NO. The summed E-state index contributed by atoms with van der Waals surface area (Å²) in [7, 11) is 2.07. The minimum absolute atomic E-state index is 0.473. The molecule has 0 amide bonds. The minimum Gasteiger partial charge on any atom is -0.378 e. The summed E-state index contributed by atoms with van der Waals surface area (Å²) in [5, 5.41) is 3.47. The third-order valence-electron chi connectivity index (χ3n) is 4.20. The average molecular weight is 261 g/mol. The fourth-order valence-electron chi connectivity index (χ4n) is 3.01. The van der Waals surface area contributed by atoms with Crippen LogP contribution in [0.1, 0.15) is 54.8 Å². The van der Waals surface area contributed by atoms with Crippen LogP contribution in [-0.4, -0.2) is 19.8 Å². The molecule has 1 saturated heterocycles. The Kier molecular flexibility index (Phi) is 5.41. The van der Waals surface area contributed by atoms with E-state index in [-0.39, 0.29) is 0 Å². The molecule has 0 aromatic heterocycles. The highest BCUT2D eigenvalue weighted by molar-refractivity contribution is 5.32. The zero-order chi connectivity index (χ0) is 13.7. The van der Waals surface area contributed by atoms with E-state index < -0.39 is 0 Å². The molecule has 0 aliphatic carbocycles. The van der Waals surface area contributed by atoms with Crippen molar-refractivity contribution in [2.45, 2.75) is 58.1 Å². The van der Waals surface area contributed by atoms with Crippen LogP contribution in [0, 0.1) is 13.8 Å². The maximum absolute atomic E-state index is 5.70. The second-order valence-corrected chi connectivity index (χ2v) is 5.77. The fraction of sp³-hybridized carbons (Fsp3) is 0.647. The van der Waals surface area contributed by atoms with Gasteiger partial charge in [-0.1, -0.05) is 23.8 Å². The van der Waals surface area contributed by atoms with E-state index >= 15 is 0 Å². The van der Waals surface area contributed by atoms with Crippen molar-refractivity contribution < 1.29 is 4.74 Å². The van der Waals surface area contributed by atoms with Crippen molar-refractivity contribution in [2.24, 2.45) is 0 Å². The lowest BCUT2D eigenvalue weighted by Crippen LogP contribution is -2.18. The molecule has 1 aliphatic rings. The summed E-state index contributed by atoms with van der Waals surface area (Å²) >= 11 is 0. The van der Waals surface area contributed by atoms with Gasteiger partial charge in [0.05, 0.1) is 6.10 Å². The molecule has 2 rings (SSSR count). The summed E-state index contributed by atoms with van der Waals surface area (Å²) in [5.41, 5.74) is 4.19. The van der Waals surface area contributed by atoms with Gasteiger partial charge in [0.25, 0.3) is 0 Å². The first kappa shape index (κ1) is 14.5. The molecule has 106 valence electrons. The van der Waals surface area contributed by atoms with Crippen LogP contribution in [0.3, 0.4) is 0 Å². The summed E-state index contributed by atoms with van der Waals surface area (Å²) in [6.45, 7) is 5.35. The van der Waals surface area contributed by atoms with Gasteiger partial charge in [0.15, 0.2) is 0 Å². The zero-order valence-electron chi connectivity index (χ0n) is 12.5. The van der Waals surface area contributed by atoms with E-state index in [0.717, 1.165) is 6.61 Å². The standard InChI is InChI=1S/C17H27NO/c1-13-9-10-14(2)16(12-13)17(18-3)8-4-6-15-7-5-11-19-15/h9-10,12,15,17-18H,4-8,11H2,1-3H3. The molecule has 2 atom stereocenters. The predicted molar refractivity (Wildman–Crippen MR) is 80.5 cm³/mol. The van der Waals surface area contributed by atoms with Gasteiger partial charge in [0, 0.05) is 12.6 Å². The lowest BCUT2D eigenvalue weighted by atomic mass is 9.94. The quantitative estimate of drug-likeness (QED) is 0.838. The van der Waals surface area contributed by atoms with Gasteiger partial charge < -0.3 is 10.1 Å². The zero-order valence-corrected chi connectivity index (χ0v) is 12.5. The Morgan fingerprint density at radius 1 is 1.37 bits per heavy atom. The molecule has 1 N–H and O–H groups in total. The van der Waals surface area contributed by atoms with Crippen LogP contribution in [-0.2, 0) is 4.74 Å². The van der Waals surface area contributed by atoms with E-state index in [1.807, 2.05) is 0 Å². The minimum atomic E-state index is 0.473. The number of hydrogen-bond acceptors (Lipinski definition) is 2. The normalized spacial score (nSPS) is 20.7. The maximum Gasteiger partial charge on any atom is 0.0576 e. The lowest BCUT2D eigenvalue weighted by molar-refractivity contribution is 0.101. The monoisotopic (exact) mass is 261 g/mol. The van der Waals surface area contributed by atoms with Crippen molar-refractivity contribution in [1.82, 2.24) is 5.32 Å². The molecule has 1 heterocycles. The number of benzene rings is 1. The van der Waals surface area contributed by atoms with E-state index in [4.69, 9.17) is 4.74 Å². The van der Waals surface area contributed by atoms with Crippen molar-refractivity contribution in [2.75, 3.05) is 13.7 Å². The third-order valence-corrected chi connectivity index (χ3v) is 4.20. The van der Waals surface area contributed by atoms with Gasteiger partial charge in [-0.15, -0.1) is 0 Å². The smallest absolute Gasteiger partial charge is 0.0576 e. The van der Waals surface area contributed by atoms with Gasteiger partial charge in [-0.3, -0.25) is 0 Å². The molecule has 1 aromatic carbocycles. The first-order chi connectivity index (χ1) is 9.20. The van der Waals surface area contributed by atoms with E-state index in [0.29, 0.717) is 12.1 Å². The van der Waals surface area contributed by atoms with Gasteiger partial charge in [-0.2, -0.15) is 0 Å². The Labute approximate surface area is 117 Å². The molecule has 1 fully saturated rings. The first-order valence-corrected chi connectivity index (χ1v) is 7.56. The molecule has 1 aliphatic heterocycles. The Morgan fingerprint density at radius 3 is 2.89 bits per heavy atom. The van der Waals surface area contributed by atoms with Gasteiger partial charge in [-0.05, 0) is 64.1 Å². The van der Waals surface area contributed by atoms with Gasteiger partial charge in [-0.25, -0.2) is 0 Å². The SMILES string of the molecule is CNC(CCCC1CCCO1)c1cc(C)ccc1C. The summed E-state index contributed by atoms with van der Waals surface area (Å²) in [6.07, 6.45) is 6.68. The summed E-state index contributed by atoms with van der Waals surface area (Å²) in [5.74, 6) is 0. The largest absolute Gasteiger partial charge is 0.378 e. The molecule has 0 bridgehead atoms. The first-order valence-electron chi connectivity index (χ1n) is 7.56. The van der Waals surface area contributed by atoms with Gasteiger partial charge in [0.2, 0.25) is 0 Å². The number of hydrogen-bond donors (Lipinski definition) is 1. The predicted octanol–water partition coefficient (Wildman–Crippen LogP) is 3.91. The number of nitrogens with one attached hydrogen (secondary N) is 1. The van der Waals surface area contributed by atoms with E-state index in [9.17, 15) is 0 Å². The van der Waals surface area contributed by atoms with Crippen LogP contribution in [0.2, 0.25) is 0 Å². The molecule has 2 heteroatoms. The van der Waals surface area contributed by atoms with Gasteiger partial charge >= 0.3 is 0 Å². The molecule has 0 radical (unpaired) electrons. The Bertz CT molecular complexity index is 396. The average Bonchev–Trinajstić information content (AvgIpc) is 2.91. The molecule has 2 nitrogen and oxygen atoms in total. The highest BCUT2D eigenvalue weighted by atomic mass is 16.5. The number of aryl methyl sites for hydroxylation is 2. The van der Waals surface area contributed by atoms with Crippen LogP contribution in [0.15, 0.2) is 18.2 Å². The van der Waals surface area contributed by atoms with Crippen molar-refractivity contribution in [3.05, 3.63) is 34.9 Å². The lowest BCUT2D eigenvalue weighted by Gasteiger charge is -2.20. The molecule has 2 unspecified atom stereocenters. The highest BCUT2D eigenvalue weighted by Gasteiger charge is 2.17.